The predicted molar refractivity (Wildman–Crippen MR) is 115 cm³/mol. The van der Waals surface area contributed by atoms with Crippen LogP contribution >= 0.6 is 0 Å². The lowest BCUT2D eigenvalue weighted by molar-refractivity contribution is -0.120. The van der Waals surface area contributed by atoms with Crippen molar-refractivity contribution in [3.63, 3.8) is 0 Å². The van der Waals surface area contributed by atoms with Crippen LogP contribution in [0.5, 0.6) is 0 Å². The Hall–Kier alpha value is -2.20. The molecule has 2 N–H and O–H groups in total. The second kappa shape index (κ2) is 10.2. The Morgan fingerprint density at radius 1 is 1.17 bits per heavy atom. The number of ether oxygens (including phenoxy) is 1. The first-order chi connectivity index (χ1) is 14.5. The fraction of sp³-hybridized carbons (Fsp3) is 0.619. The molecule has 1 aromatic rings. The van der Waals surface area contributed by atoms with Crippen LogP contribution < -0.4 is 15.9 Å². The van der Waals surface area contributed by atoms with Crippen molar-refractivity contribution < 1.29 is 14.3 Å². The van der Waals surface area contributed by atoms with E-state index in [1.54, 1.807) is 12.2 Å². The van der Waals surface area contributed by atoms with E-state index in [0.29, 0.717) is 26.1 Å². The smallest absolute Gasteiger partial charge is 0.348 e. The number of benzene rings is 1. The van der Waals surface area contributed by atoms with Gasteiger partial charge in [0.25, 0.3) is 0 Å². The first kappa shape index (κ1) is 22.5. The molecule has 0 saturated carbocycles. The summed E-state index contributed by atoms with van der Waals surface area (Å²) >= 11 is 0. The van der Waals surface area contributed by atoms with E-state index >= 15 is 0 Å². The summed E-state index contributed by atoms with van der Waals surface area (Å²) in [4.78, 5) is 29.1. The van der Waals surface area contributed by atoms with Crippen LogP contribution in [-0.4, -0.2) is 78.9 Å². The zero-order chi connectivity index (χ0) is 21.6. The first-order valence-corrected chi connectivity index (χ1v) is 10.7. The van der Waals surface area contributed by atoms with Gasteiger partial charge in [0.05, 0.1) is 12.1 Å². The van der Waals surface area contributed by atoms with Gasteiger partial charge >= 0.3 is 6.03 Å². The molecule has 3 rings (SSSR count). The highest BCUT2D eigenvalue weighted by Crippen LogP contribution is 2.34. The van der Waals surface area contributed by atoms with E-state index in [-0.39, 0.29) is 17.5 Å². The third-order valence-corrected chi connectivity index (χ3v) is 5.91. The summed E-state index contributed by atoms with van der Waals surface area (Å²) in [6, 6.07) is 9.77. The second-order valence-corrected chi connectivity index (χ2v) is 7.83. The Morgan fingerprint density at radius 2 is 1.87 bits per heavy atom. The average Bonchev–Trinajstić information content (AvgIpc) is 3.14. The molecule has 2 fully saturated rings. The van der Waals surface area contributed by atoms with Crippen LogP contribution in [0.15, 0.2) is 30.3 Å². The Bertz CT molecular complexity index is 708. The number of nitrogens with zero attached hydrogens (tertiary/aromatic N) is 4. The van der Waals surface area contributed by atoms with Crippen LogP contribution in [0.25, 0.3) is 0 Å². The number of likely N-dealkylation sites (tertiary alicyclic amines) is 1. The number of anilines is 1. The SMILES string of the molecule is CCC(=O)N(c1ccccc1)C1(COC)CCN(CCN2NC(=O)N(CC)N2)CC1. The molecule has 0 atom stereocenters. The van der Waals surface area contributed by atoms with Crippen LogP contribution in [-0.2, 0) is 9.53 Å². The fourth-order valence-electron chi connectivity index (χ4n) is 4.27. The molecule has 0 spiro atoms. The monoisotopic (exact) mass is 418 g/mol. The van der Waals surface area contributed by atoms with Gasteiger partial charge in [0.1, 0.15) is 0 Å². The lowest BCUT2D eigenvalue weighted by atomic mass is 9.85. The Balaban J connectivity index is 1.64. The van der Waals surface area contributed by atoms with Gasteiger partial charge in [0.15, 0.2) is 0 Å². The molecule has 166 valence electrons. The highest BCUT2D eigenvalue weighted by atomic mass is 16.5. The zero-order valence-electron chi connectivity index (χ0n) is 18.3. The largest absolute Gasteiger partial charge is 0.382 e. The first-order valence-electron chi connectivity index (χ1n) is 10.7. The molecule has 0 unspecified atom stereocenters. The standard InChI is InChI=1S/C21H34N6O3/c1-4-19(28)27(18-9-7-6-8-10-18)21(17-30-3)11-13-24(14-12-21)15-16-26-22-20(29)25(5-2)23-26/h6-10,23H,4-5,11-17H2,1-3H3,(H,22,29). The number of carbonyl (C=O) groups is 2. The van der Waals surface area contributed by atoms with E-state index in [1.165, 1.54) is 5.01 Å². The van der Waals surface area contributed by atoms with Crippen molar-refractivity contribution in [2.75, 3.05) is 51.3 Å². The van der Waals surface area contributed by atoms with Crippen molar-refractivity contribution in [3.05, 3.63) is 30.3 Å². The molecule has 1 aromatic carbocycles. The summed E-state index contributed by atoms with van der Waals surface area (Å²) in [5.41, 5.74) is 6.42. The number of nitrogens with one attached hydrogen (secondary N) is 2. The summed E-state index contributed by atoms with van der Waals surface area (Å²) in [6.45, 7) is 8.17. The normalized spacial score (nSPS) is 19.7. The van der Waals surface area contributed by atoms with Crippen LogP contribution in [0, 0.1) is 0 Å². The molecular formula is C21H34N6O3. The van der Waals surface area contributed by atoms with Gasteiger partial charge in [-0.2, -0.15) is 0 Å². The molecule has 0 bridgehead atoms. The summed E-state index contributed by atoms with van der Waals surface area (Å²) in [5, 5.41) is 3.26. The second-order valence-electron chi connectivity index (χ2n) is 7.83. The van der Waals surface area contributed by atoms with Crippen LogP contribution in [0.2, 0.25) is 0 Å². The maximum Gasteiger partial charge on any atom is 0.348 e. The topological polar surface area (TPSA) is 80.4 Å². The molecular weight excluding hydrogens is 384 g/mol. The van der Waals surface area contributed by atoms with E-state index in [9.17, 15) is 9.59 Å². The van der Waals surface area contributed by atoms with Crippen molar-refractivity contribution >= 4 is 17.6 Å². The molecule has 2 heterocycles. The number of rotatable bonds is 9. The van der Waals surface area contributed by atoms with Gasteiger partial charge in [-0.05, 0) is 31.9 Å². The van der Waals surface area contributed by atoms with Gasteiger partial charge in [-0.1, -0.05) is 25.1 Å². The van der Waals surface area contributed by atoms with Gasteiger partial charge in [-0.15, -0.1) is 10.7 Å². The number of hydrogen-bond donors (Lipinski definition) is 2. The van der Waals surface area contributed by atoms with E-state index in [1.807, 2.05) is 49.1 Å². The Kier molecular flexibility index (Phi) is 7.65. The van der Waals surface area contributed by atoms with E-state index in [2.05, 4.69) is 15.9 Å². The van der Waals surface area contributed by atoms with Gasteiger partial charge in [0, 0.05) is 51.9 Å². The molecule has 2 aliphatic rings. The van der Waals surface area contributed by atoms with Crippen LogP contribution in [0.4, 0.5) is 10.5 Å². The number of hydrazine groups is 3. The predicted octanol–water partition coefficient (Wildman–Crippen LogP) is 1.59. The summed E-state index contributed by atoms with van der Waals surface area (Å²) in [7, 11) is 1.70. The number of carbonyl (C=O) groups excluding carboxylic acids is 2. The summed E-state index contributed by atoms with van der Waals surface area (Å²) in [6.07, 6.45) is 2.13. The quantitative estimate of drug-likeness (QED) is 0.634. The Morgan fingerprint density at radius 3 is 2.43 bits per heavy atom. The number of amides is 3. The van der Waals surface area contributed by atoms with Crippen molar-refractivity contribution in [1.29, 1.82) is 0 Å². The molecule has 9 nitrogen and oxygen atoms in total. The highest BCUT2D eigenvalue weighted by Gasteiger charge is 2.43. The summed E-state index contributed by atoms with van der Waals surface area (Å²) in [5.74, 6) is 0.121. The minimum Gasteiger partial charge on any atom is -0.382 e. The molecule has 30 heavy (non-hydrogen) atoms. The van der Waals surface area contributed by atoms with Crippen molar-refractivity contribution in [2.24, 2.45) is 0 Å². The average molecular weight is 419 g/mol. The highest BCUT2D eigenvalue weighted by molar-refractivity contribution is 5.94. The maximum atomic E-state index is 13.0. The number of para-hydroxylation sites is 1. The van der Waals surface area contributed by atoms with Crippen molar-refractivity contribution in [3.8, 4) is 0 Å². The molecule has 9 heteroatoms. The maximum absolute atomic E-state index is 13.0. The molecule has 0 radical (unpaired) electrons. The molecule has 2 aliphatic heterocycles. The van der Waals surface area contributed by atoms with E-state index in [0.717, 1.165) is 38.2 Å². The van der Waals surface area contributed by atoms with E-state index < -0.39 is 0 Å². The summed E-state index contributed by atoms with van der Waals surface area (Å²) < 4.78 is 5.61. The lowest BCUT2D eigenvalue weighted by Crippen LogP contribution is -2.60. The minimum atomic E-state index is -0.348. The van der Waals surface area contributed by atoms with Gasteiger partial charge < -0.3 is 14.5 Å². The Labute approximate surface area is 178 Å². The molecule has 0 aromatic heterocycles. The molecule has 2 saturated heterocycles. The number of hydrogen-bond acceptors (Lipinski definition) is 6. The number of methoxy groups -OCH3 is 1. The van der Waals surface area contributed by atoms with Crippen molar-refractivity contribution in [2.45, 2.75) is 38.6 Å². The minimum absolute atomic E-state index is 0.121. The van der Waals surface area contributed by atoms with Gasteiger partial charge in [0.2, 0.25) is 5.91 Å². The molecule has 0 aliphatic carbocycles. The molecule has 3 amide bonds. The number of piperidine rings is 1. The van der Waals surface area contributed by atoms with Crippen LogP contribution in [0.1, 0.15) is 33.1 Å². The van der Waals surface area contributed by atoms with Crippen molar-refractivity contribution in [1.82, 2.24) is 26.0 Å². The third-order valence-electron chi connectivity index (χ3n) is 5.91. The third kappa shape index (κ3) is 4.92. The number of urea groups is 1. The van der Waals surface area contributed by atoms with Gasteiger partial charge in [-0.25, -0.2) is 9.80 Å². The zero-order valence-corrected chi connectivity index (χ0v) is 18.3. The van der Waals surface area contributed by atoms with E-state index in [4.69, 9.17) is 4.74 Å². The fourth-order valence-corrected chi connectivity index (χ4v) is 4.27. The van der Waals surface area contributed by atoms with Gasteiger partial charge in [-0.3, -0.25) is 10.2 Å². The lowest BCUT2D eigenvalue weighted by Gasteiger charge is -2.48. The van der Waals surface area contributed by atoms with Crippen LogP contribution in [0.3, 0.4) is 0 Å².